The maximum Gasteiger partial charge on any atom is 0.313 e. The van der Waals surface area contributed by atoms with Gasteiger partial charge in [-0.15, -0.1) is 0 Å². The zero-order chi connectivity index (χ0) is 15.4. The van der Waals surface area contributed by atoms with Crippen LogP contribution in [0.5, 0.6) is 0 Å². The van der Waals surface area contributed by atoms with Crippen molar-refractivity contribution in [2.75, 3.05) is 11.9 Å². The summed E-state index contributed by atoms with van der Waals surface area (Å²) in [4.78, 5) is 26.2. The van der Waals surface area contributed by atoms with E-state index in [9.17, 15) is 9.59 Å². The lowest BCUT2D eigenvalue weighted by Crippen LogP contribution is -2.48. The van der Waals surface area contributed by atoms with Crippen molar-refractivity contribution in [3.63, 3.8) is 0 Å². The van der Waals surface area contributed by atoms with Gasteiger partial charge in [-0.2, -0.15) is 0 Å². The number of likely N-dealkylation sites (tertiary alicyclic amines) is 1. The van der Waals surface area contributed by atoms with Gasteiger partial charge in [-0.25, -0.2) is 0 Å². The lowest BCUT2D eigenvalue weighted by atomic mass is 10.00. The van der Waals surface area contributed by atoms with Crippen LogP contribution in [0.3, 0.4) is 0 Å². The fraction of sp³-hybridized carbons (Fsp3) is 0.500. The highest BCUT2D eigenvalue weighted by molar-refractivity contribution is 6.40. The van der Waals surface area contributed by atoms with E-state index in [1.807, 2.05) is 13.0 Å². The Balaban J connectivity index is 2.08. The van der Waals surface area contributed by atoms with Crippen molar-refractivity contribution < 1.29 is 9.59 Å². The highest BCUT2D eigenvalue weighted by atomic mass is 35.5. The Morgan fingerprint density at radius 1 is 1.38 bits per heavy atom. The molecular weight excluding hydrogens is 288 g/mol. The van der Waals surface area contributed by atoms with Crippen LogP contribution in [0.4, 0.5) is 5.69 Å². The third kappa shape index (κ3) is 3.76. The molecule has 1 aromatic rings. The van der Waals surface area contributed by atoms with E-state index in [1.54, 1.807) is 17.0 Å². The molecule has 0 spiro atoms. The van der Waals surface area contributed by atoms with Crippen LogP contribution in [0, 0.1) is 6.92 Å². The van der Waals surface area contributed by atoms with Crippen molar-refractivity contribution in [2.24, 2.45) is 0 Å². The van der Waals surface area contributed by atoms with E-state index in [-0.39, 0.29) is 6.04 Å². The lowest BCUT2D eigenvalue weighted by Gasteiger charge is -2.34. The molecule has 1 atom stereocenters. The first kappa shape index (κ1) is 15.8. The first-order valence-corrected chi connectivity index (χ1v) is 7.78. The number of nitrogens with one attached hydrogen (secondary N) is 1. The van der Waals surface area contributed by atoms with Gasteiger partial charge in [-0.1, -0.05) is 24.6 Å². The number of rotatable bonds is 2. The van der Waals surface area contributed by atoms with Crippen LogP contribution in [0.15, 0.2) is 18.2 Å². The van der Waals surface area contributed by atoms with Crippen molar-refractivity contribution in [3.05, 3.63) is 28.8 Å². The summed E-state index contributed by atoms with van der Waals surface area (Å²) in [6.07, 6.45) is 3.95. The molecule has 21 heavy (non-hydrogen) atoms. The number of nitrogens with zero attached hydrogens (tertiary/aromatic N) is 1. The van der Waals surface area contributed by atoms with Gasteiger partial charge in [0.1, 0.15) is 0 Å². The molecule has 2 amide bonds. The van der Waals surface area contributed by atoms with Crippen molar-refractivity contribution in [3.8, 4) is 0 Å². The molecule has 1 aromatic carbocycles. The first-order chi connectivity index (χ1) is 10.0. The molecule has 5 heteroatoms. The number of aryl methyl sites for hydroxylation is 1. The van der Waals surface area contributed by atoms with Gasteiger partial charge in [0.05, 0.1) is 0 Å². The zero-order valence-electron chi connectivity index (χ0n) is 12.5. The van der Waals surface area contributed by atoms with Crippen LogP contribution in [-0.4, -0.2) is 29.3 Å². The van der Waals surface area contributed by atoms with Crippen LogP contribution < -0.4 is 5.32 Å². The van der Waals surface area contributed by atoms with E-state index in [0.29, 0.717) is 17.3 Å². The molecule has 1 fully saturated rings. The Hall–Kier alpha value is -1.55. The van der Waals surface area contributed by atoms with Crippen LogP contribution >= 0.6 is 11.6 Å². The molecular formula is C16H21ClN2O2. The van der Waals surface area contributed by atoms with Gasteiger partial charge in [-0.3, -0.25) is 9.59 Å². The van der Waals surface area contributed by atoms with Gasteiger partial charge in [-0.05, 0) is 50.3 Å². The number of halogens is 1. The number of amides is 2. The number of piperidine rings is 1. The maximum atomic E-state index is 12.3. The Labute approximate surface area is 130 Å². The van der Waals surface area contributed by atoms with Crippen LogP contribution in [0.25, 0.3) is 0 Å². The third-order valence-corrected chi connectivity index (χ3v) is 4.24. The van der Waals surface area contributed by atoms with Crippen LogP contribution in [0.2, 0.25) is 5.02 Å². The molecule has 1 heterocycles. The summed E-state index contributed by atoms with van der Waals surface area (Å²) in [5, 5.41) is 3.21. The highest BCUT2D eigenvalue weighted by Gasteiger charge is 2.29. The van der Waals surface area contributed by atoms with E-state index < -0.39 is 11.8 Å². The minimum atomic E-state index is -0.583. The monoisotopic (exact) mass is 308 g/mol. The van der Waals surface area contributed by atoms with Gasteiger partial charge in [0.25, 0.3) is 0 Å². The number of hydrogen-bond donors (Lipinski definition) is 1. The molecule has 1 unspecified atom stereocenters. The molecule has 0 aliphatic carbocycles. The number of benzene rings is 1. The molecule has 1 aliphatic heterocycles. The average Bonchev–Trinajstić information content (AvgIpc) is 2.50. The Kier molecular flexibility index (Phi) is 5.23. The second kappa shape index (κ2) is 6.94. The van der Waals surface area contributed by atoms with Gasteiger partial charge in [0.15, 0.2) is 0 Å². The smallest absolute Gasteiger partial charge is 0.313 e. The Bertz CT molecular complexity index is 545. The summed E-state index contributed by atoms with van der Waals surface area (Å²) in [5.74, 6) is -1.03. The second-order valence-corrected chi connectivity index (χ2v) is 5.91. The molecule has 4 nitrogen and oxygen atoms in total. The highest BCUT2D eigenvalue weighted by Crippen LogP contribution is 2.22. The molecule has 1 aliphatic rings. The van der Waals surface area contributed by atoms with E-state index in [0.717, 1.165) is 31.2 Å². The molecule has 1 N–H and O–H groups in total. The fourth-order valence-electron chi connectivity index (χ4n) is 2.73. The normalized spacial score (nSPS) is 18.4. The summed E-state index contributed by atoms with van der Waals surface area (Å²) < 4.78 is 0. The van der Waals surface area contributed by atoms with Crippen LogP contribution in [-0.2, 0) is 9.59 Å². The van der Waals surface area contributed by atoms with Crippen molar-refractivity contribution in [1.82, 2.24) is 4.90 Å². The summed E-state index contributed by atoms with van der Waals surface area (Å²) in [6.45, 7) is 4.58. The van der Waals surface area contributed by atoms with Gasteiger partial charge in [0.2, 0.25) is 0 Å². The fourth-order valence-corrected chi connectivity index (χ4v) is 2.90. The Morgan fingerprint density at radius 3 is 2.86 bits per heavy atom. The molecule has 0 radical (unpaired) electrons. The number of anilines is 1. The first-order valence-electron chi connectivity index (χ1n) is 7.41. The van der Waals surface area contributed by atoms with Gasteiger partial charge < -0.3 is 10.2 Å². The van der Waals surface area contributed by atoms with Crippen molar-refractivity contribution in [1.29, 1.82) is 0 Å². The zero-order valence-corrected chi connectivity index (χ0v) is 13.2. The molecule has 1 saturated heterocycles. The summed E-state index contributed by atoms with van der Waals surface area (Å²) in [6, 6.07) is 5.41. The maximum absolute atomic E-state index is 12.3. The average molecular weight is 309 g/mol. The molecule has 114 valence electrons. The predicted molar refractivity (Wildman–Crippen MR) is 84.5 cm³/mol. The van der Waals surface area contributed by atoms with Gasteiger partial charge >= 0.3 is 11.8 Å². The standard InChI is InChI=1S/C16H21ClN2O2/c1-3-13-6-4-5-9-19(13)16(21)15(20)18-14-10-12(17)8-7-11(14)2/h7-8,10,13H,3-6,9H2,1-2H3,(H,18,20). The number of carbonyl (C=O) groups is 2. The van der Waals surface area contributed by atoms with Crippen molar-refractivity contribution >= 4 is 29.1 Å². The molecule has 0 saturated carbocycles. The number of carbonyl (C=O) groups excluding carboxylic acids is 2. The van der Waals surface area contributed by atoms with E-state index in [2.05, 4.69) is 12.2 Å². The van der Waals surface area contributed by atoms with Gasteiger partial charge in [0, 0.05) is 23.3 Å². The molecule has 0 bridgehead atoms. The van der Waals surface area contributed by atoms with E-state index in [4.69, 9.17) is 11.6 Å². The SMILES string of the molecule is CCC1CCCCN1C(=O)C(=O)Nc1cc(Cl)ccc1C. The minimum absolute atomic E-state index is 0.178. The lowest BCUT2D eigenvalue weighted by molar-refractivity contribution is -0.145. The summed E-state index contributed by atoms with van der Waals surface area (Å²) in [7, 11) is 0. The summed E-state index contributed by atoms with van der Waals surface area (Å²) >= 11 is 5.93. The van der Waals surface area contributed by atoms with Crippen molar-refractivity contribution in [2.45, 2.75) is 45.6 Å². The number of hydrogen-bond acceptors (Lipinski definition) is 2. The second-order valence-electron chi connectivity index (χ2n) is 5.47. The van der Waals surface area contributed by atoms with Crippen LogP contribution in [0.1, 0.15) is 38.2 Å². The largest absolute Gasteiger partial charge is 0.331 e. The van der Waals surface area contributed by atoms with E-state index >= 15 is 0 Å². The molecule has 2 rings (SSSR count). The van der Waals surface area contributed by atoms with E-state index in [1.165, 1.54) is 0 Å². The quantitative estimate of drug-likeness (QED) is 0.852. The topological polar surface area (TPSA) is 49.4 Å². The summed E-state index contributed by atoms with van der Waals surface area (Å²) in [5.41, 5.74) is 1.47. The predicted octanol–water partition coefficient (Wildman–Crippen LogP) is 3.38. The third-order valence-electron chi connectivity index (χ3n) is 4.00. The Morgan fingerprint density at radius 2 is 2.14 bits per heavy atom. The molecule has 0 aromatic heterocycles. The minimum Gasteiger partial charge on any atom is -0.331 e.